The third-order valence-corrected chi connectivity index (χ3v) is 2.73. The van der Waals surface area contributed by atoms with E-state index >= 15 is 0 Å². The van der Waals surface area contributed by atoms with Gasteiger partial charge in [-0.25, -0.2) is 4.99 Å². The Bertz CT molecular complexity index is 637. The zero-order valence-corrected chi connectivity index (χ0v) is 11.4. The fourth-order valence-corrected chi connectivity index (χ4v) is 1.81. The Labute approximate surface area is 117 Å². The molecule has 0 N–H and O–H groups in total. The lowest BCUT2D eigenvalue weighted by Gasteiger charge is -2.16. The third kappa shape index (κ3) is 3.20. The van der Waals surface area contributed by atoms with E-state index in [1.165, 1.54) is 12.1 Å². The van der Waals surface area contributed by atoms with Crippen LogP contribution in [-0.4, -0.2) is 29.8 Å². The summed E-state index contributed by atoms with van der Waals surface area (Å²) in [6.07, 6.45) is 0. The van der Waals surface area contributed by atoms with E-state index in [1.807, 2.05) is 49.3 Å². The predicted molar refractivity (Wildman–Crippen MR) is 79.4 cm³/mol. The molecule has 2 aromatic carbocycles. The van der Waals surface area contributed by atoms with E-state index < -0.39 is 4.92 Å². The minimum absolute atomic E-state index is 0.0393. The standard InChI is InChI=1S/C15H15N3O2/c1-17(2)15(12-7-4-3-5-8-12)16-13-9-6-10-14(11-13)18(19)20/h3-11H,1-2H3. The maximum absolute atomic E-state index is 10.8. The largest absolute Gasteiger partial charge is 0.362 e. The molecule has 0 aromatic heterocycles. The Kier molecular flexibility index (Phi) is 4.10. The summed E-state index contributed by atoms with van der Waals surface area (Å²) in [7, 11) is 3.78. The number of nitrogens with zero attached hydrogens (tertiary/aromatic N) is 3. The molecule has 20 heavy (non-hydrogen) atoms. The molecule has 5 heteroatoms. The van der Waals surface area contributed by atoms with E-state index in [4.69, 9.17) is 0 Å². The fourth-order valence-electron chi connectivity index (χ4n) is 1.81. The molecular weight excluding hydrogens is 254 g/mol. The number of non-ortho nitro benzene ring substituents is 1. The lowest BCUT2D eigenvalue weighted by atomic mass is 10.2. The van der Waals surface area contributed by atoms with Crippen molar-refractivity contribution < 1.29 is 4.92 Å². The van der Waals surface area contributed by atoms with Crippen LogP contribution in [-0.2, 0) is 0 Å². The van der Waals surface area contributed by atoms with Crippen LogP contribution in [0.15, 0.2) is 59.6 Å². The molecule has 0 saturated heterocycles. The molecule has 0 fully saturated rings. The van der Waals surface area contributed by atoms with Gasteiger partial charge in [0.2, 0.25) is 0 Å². The highest BCUT2D eigenvalue weighted by molar-refractivity contribution is 6.00. The third-order valence-electron chi connectivity index (χ3n) is 2.73. The summed E-state index contributed by atoms with van der Waals surface area (Å²) in [4.78, 5) is 16.8. The van der Waals surface area contributed by atoms with Crippen molar-refractivity contribution in [1.82, 2.24) is 4.90 Å². The summed E-state index contributed by atoms with van der Waals surface area (Å²) in [5.74, 6) is 0.756. The van der Waals surface area contributed by atoms with Crippen LogP contribution in [0.25, 0.3) is 0 Å². The van der Waals surface area contributed by atoms with Crippen LogP contribution >= 0.6 is 0 Å². The van der Waals surface area contributed by atoms with Gasteiger partial charge in [0.25, 0.3) is 5.69 Å². The van der Waals surface area contributed by atoms with Gasteiger partial charge in [0.05, 0.1) is 10.6 Å². The number of aliphatic imine (C=N–C) groups is 1. The van der Waals surface area contributed by atoms with Gasteiger partial charge in [-0.1, -0.05) is 36.4 Å². The van der Waals surface area contributed by atoms with Crippen molar-refractivity contribution in [2.24, 2.45) is 4.99 Å². The van der Waals surface area contributed by atoms with E-state index in [-0.39, 0.29) is 5.69 Å². The van der Waals surface area contributed by atoms with E-state index in [0.29, 0.717) is 5.69 Å². The van der Waals surface area contributed by atoms with Crippen molar-refractivity contribution in [2.45, 2.75) is 0 Å². The molecule has 0 amide bonds. The van der Waals surface area contributed by atoms with Gasteiger partial charge < -0.3 is 4.90 Å². The molecule has 0 bridgehead atoms. The minimum Gasteiger partial charge on any atom is -0.362 e. The van der Waals surface area contributed by atoms with Gasteiger partial charge in [0.1, 0.15) is 5.84 Å². The quantitative estimate of drug-likeness (QED) is 0.372. The molecule has 0 radical (unpaired) electrons. The van der Waals surface area contributed by atoms with Crippen molar-refractivity contribution in [3.63, 3.8) is 0 Å². The maximum Gasteiger partial charge on any atom is 0.271 e. The van der Waals surface area contributed by atoms with Gasteiger partial charge in [-0.3, -0.25) is 10.1 Å². The van der Waals surface area contributed by atoms with Gasteiger partial charge >= 0.3 is 0 Å². The Morgan fingerprint density at radius 3 is 2.40 bits per heavy atom. The lowest BCUT2D eigenvalue weighted by Crippen LogP contribution is -2.22. The molecular formula is C15H15N3O2. The van der Waals surface area contributed by atoms with Crippen molar-refractivity contribution in [3.8, 4) is 0 Å². The van der Waals surface area contributed by atoms with Crippen LogP contribution in [0.3, 0.4) is 0 Å². The average Bonchev–Trinajstić information content (AvgIpc) is 2.45. The van der Waals surface area contributed by atoms with Gasteiger partial charge in [0, 0.05) is 31.8 Å². The van der Waals surface area contributed by atoms with E-state index in [1.54, 1.807) is 12.1 Å². The second-order valence-corrected chi connectivity index (χ2v) is 4.47. The molecule has 102 valence electrons. The number of hydrogen-bond donors (Lipinski definition) is 0. The molecule has 0 spiro atoms. The summed E-state index contributed by atoms with van der Waals surface area (Å²) in [5, 5.41) is 10.8. The van der Waals surface area contributed by atoms with Crippen molar-refractivity contribution in [2.75, 3.05) is 14.1 Å². The first kappa shape index (κ1) is 13.7. The monoisotopic (exact) mass is 269 g/mol. The summed E-state index contributed by atoms with van der Waals surface area (Å²) < 4.78 is 0. The molecule has 0 aliphatic carbocycles. The van der Waals surface area contributed by atoms with Crippen LogP contribution in [0.1, 0.15) is 5.56 Å². The molecule has 0 aliphatic heterocycles. The molecule has 0 saturated carbocycles. The second kappa shape index (κ2) is 5.97. The summed E-state index contributed by atoms with van der Waals surface area (Å²) in [6.45, 7) is 0. The SMILES string of the molecule is CN(C)C(=Nc1cccc([N+](=O)[O-])c1)c1ccccc1. The molecule has 0 atom stereocenters. The van der Waals surface area contributed by atoms with Crippen molar-refractivity contribution >= 4 is 17.2 Å². The van der Waals surface area contributed by atoms with E-state index in [2.05, 4.69) is 4.99 Å². The van der Waals surface area contributed by atoms with E-state index in [9.17, 15) is 10.1 Å². The van der Waals surface area contributed by atoms with Crippen LogP contribution in [0, 0.1) is 10.1 Å². The van der Waals surface area contributed by atoms with E-state index in [0.717, 1.165) is 11.4 Å². The fraction of sp³-hybridized carbons (Fsp3) is 0.133. The van der Waals surface area contributed by atoms with Gasteiger partial charge in [0.15, 0.2) is 0 Å². The first-order chi connectivity index (χ1) is 9.58. The lowest BCUT2D eigenvalue weighted by molar-refractivity contribution is -0.384. The summed E-state index contributed by atoms with van der Waals surface area (Å²) in [5.41, 5.74) is 1.56. The van der Waals surface area contributed by atoms with Crippen LogP contribution in [0.2, 0.25) is 0 Å². The molecule has 0 heterocycles. The molecule has 2 aromatic rings. The van der Waals surface area contributed by atoms with Crippen molar-refractivity contribution in [1.29, 1.82) is 0 Å². The first-order valence-electron chi connectivity index (χ1n) is 6.14. The van der Waals surface area contributed by atoms with Gasteiger partial charge in [-0.05, 0) is 6.07 Å². The normalized spacial score (nSPS) is 11.2. The Morgan fingerprint density at radius 2 is 1.80 bits per heavy atom. The Morgan fingerprint density at radius 1 is 1.10 bits per heavy atom. The molecule has 5 nitrogen and oxygen atoms in total. The summed E-state index contributed by atoms with van der Waals surface area (Å²) in [6, 6.07) is 16.0. The second-order valence-electron chi connectivity index (χ2n) is 4.47. The smallest absolute Gasteiger partial charge is 0.271 e. The number of nitro groups is 1. The molecule has 0 aliphatic rings. The van der Waals surface area contributed by atoms with Crippen LogP contribution in [0.5, 0.6) is 0 Å². The van der Waals surface area contributed by atoms with Crippen LogP contribution < -0.4 is 0 Å². The van der Waals surface area contributed by atoms with Gasteiger partial charge in [-0.15, -0.1) is 0 Å². The highest BCUT2D eigenvalue weighted by Gasteiger charge is 2.08. The van der Waals surface area contributed by atoms with Crippen molar-refractivity contribution in [3.05, 3.63) is 70.3 Å². The Hall–Kier alpha value is -2.69. The number of benzene rings is 2. The zero-order valence-electron chi connectivity index (χ0n) is 11.4. The highest BCUT2D eigenvalue weighted by Crippen LogP contribution is 2.21. The molecule has 0 unspecified atom stereocenters. The molecule has 2 rings (SSSR count). The highest BCUT2D eigenvalue weighted by atomic mass is 16.6. The van der Waals surface area contributed by atoms with Crippen LogP contribution in [0.4, 0.5) is 11.4 Å². The van der Waals surface area contributed by atoms with Gasteiger partial charge in [-0.2, -0.15) is 0 Å². The number of amidine groups is 1. The Balaban J connectivity index is 2.44. The predicted octanol–water partition coefficient (Wildman–Crippen LogP) is 3.23. The number of nitro benzene ring substituents is 1. The zero-order chi connectivity index (χ0) is 14.5. The number of rotatable bonds is 3. The number of hydrogen-bond acceptors (Lipinski definition) is 3. The average molecular weight is 269 g/mol. The summed E-state index contributed by atoms with van der Waals surface area (Å²) >= 11 is 0. The minimum atomic E-state index is -0.420. The topological polar surface area (TPSA) is 58.7 Å². The first-order valence-corrected chi connectivity index (χ1v) is 6.14. The maximum atomic E-state index is 10.8.